The maximum Gasteiger partial charge on any atom is 0.261 e. The number of hydrogen-bond donors (Lipinski definition) is 2. The molecule has 2 rings (SSSR count). The Bertz CT molecular complexity index is 564. The summed E-state index contributed by atoms with van der Waals surface area (Å²) in [7, 11) is 0. The van der Waals surface area contributed by atoms with E-state index in [0.29, 0.717) is 11.7 Å². The highest BCUT2D eigenvalue weighted by Gasteiger charge is 2.42. The summed E-state index contributed by atoms with van der Waals surface area (Å²) in [5.41, 5.74) is 5.74. The van der Waals surface area contributed by atoms with Gasteiger partial charge in [0.1, 0.15) is 5.75 Å². The van der Waals surface area contributed by atoms with Crippen LogP contribution in [0, 0.1) is 0 Å². The Labute approximate surface area is 136 Å². The van der Waals surface area contributed by atoms with Crippen LogP contribution in [0.3, 0.4) is 0 Å². The number of ether oxygens (including phenoxy) is 2. The molecule has 3 N–H and O–H groups in total. The number of nitrogens with two attached hydrogens (primary N) is 1. The van der Waals surface area contributed by atoms with E-state index >= 15 is 0 Å². The SMILES string of the molecule is CC(Oc1ccc(C(C)C)cc1)C(=O)NC1(CC(N)=O)COC1. The summed E-state index contributed by atoms with van der Waals surface area (Å²) in [6, 6.07) is 7.67. The first kappa shape index (κ1) is 17.3. The molecular weight excluding hydrogens is 296 g/mol. The van der Waals surface area contributed by atoms with Gasteiger partial charge in [0, 0.05) is 0 Å². The summed E-state index contributed by atoms with van der Waals surface area (Å²) < 4.78 is 10.8. The third-order valence-electron chi connectivity index (χ3n) is 3.89. The second-order valence-corrected chi connectivity index (χ2v) is 6.39. The van der Waals surface area contributed by atoms with Gasteiger partial charge in [-0.2, -0.15) is 0 Å². The molecular formula is C17H24N2O4. The molecule has 23 heavy (non-hydrogen) atoms. The largest absolute Gasteiger partial charge is 0.481 e. The molecule has 6 heteroatoms. The van der Waals surface area contributed by atoms with Crippen LogP contribution >= 0.6 is 0 Å². The van der Waals surface area contributed by atoms with Crippen molar-refractivity contribution in [3.8, 4) is 5.75 Å². The first-order chi connectivity index (χ1) is 10.8. The lowest BCUT2D eigenvalue weighted by Gasteiger charge is -2.41. The number of carbonyl (C=O) groups excluding carboxylic acids is 2. The fraction of sp³-hybridized carbons (Fsp3) is 0.529. The molecule has 1 aromatic carbocycles. The molecule has 1 atom stereocenters. The number of amides is 2. The quantitative estimate of drug-likeness (QED) is 0.793. The van der Waals surface area contributed by atoms with Crippen molar-refractivity contribution in [1.29, 1.82) is 0 Å². The molecule has 0 aliphatic carbocycles. The highest BCUT2D eigenvalue weighted by Crippen LogP contribution is 2.22. The minimum absolute atomic E-state index is 0.0640. The van der Waals surface area contributed by atoms with Crippen molar-refractivity contribution in [2.24, 2.45) is 5.73 Å². The summed E-state index contributed by atoms with van der Waals surface area (Å²) in [6.07, 6.45) is -0.612. The van der Waals surface area contributed by atoms with E-state index in [1.807, 2.05) is 24.3 Å². The van der Waals surface area contributed by atoms with Crippen LogP contribution in [0.15, 0.2) is 24.3 Å². The fourth-order valence-electron chi connectivity index (χ4n) is 2.45. The van der Waals surface area contributed by atoms with E-state index in [0.717, 1.165) is 0 Å². The van der Waals surface area contributed by atoms with Gasteiger partial charge in [-0.05, 0) is 30.5 Å². The summed E-state index contributed by atoms with van der Waals surface area (Å²) in [6.45, 7) is 6.48. The Morgan fingerprint density at radius 2 is 1.87 bits per heavy atom. The normalized spacial score (nSPS) is 17.2. The van der Waals surface area contributed by atoms with Crippen molar-refractivity contribution < 1.29 is 19.1 Å². The van der Waals surface area contributed by atoms with Gasteiger partial charge in [-0.25, -0.2) is 0 Å². The molecule has 0 aromatic heterocycles. The lowest BCUT2D eigenvalue weighted by Crippen LogP contribution is -2.65. The molecule has 1 heterocycles. The average molecular weight is 320 g/mol. The van der Waals surface area contributed by atoms with E-state index in [2.05, 4.69) is 19.2 Å². The van der Waals surface area contributed by atoms with E-state index in [1.165, 1.54) is 5.56 Å². The molecule has 0 bridgehead atoms. The lowest BCUT2D eigenvalue weighted by atomic mass is 9.92. The van der Waals surface area contributed by atoms with Crippen LogP contribution in [-0.4, -0.2) is 36.7 Å². The molecule has 1 aromatic rings. The smallest absolute Gasteiger partial charge is 0.261 e. The summed E-state index contributed by atoms with van der Waals surface area (Å²) in [5.74, 6) is 0.317. The highest BCUT2D eigenvalue weighted by molar-refractivity contribution is 5.83. The van der Waals surface area contributed by atoms with E-state index in [-0.39, 0.29) is 25.5 Å². The molecule has 1 aliphatic rings. The average Bonchev–Trinajstić information content (AvgIpc) is 2.44. The van der Waals surface area contributed by atoms with Gasteiger partial charge in [-0.3, -0.25) is 9.59 Å². The Kier molecular flexibility index (Phi) is 5.26. The number of primary amides is 1. The molecule has 6 nitrogen and oxygen atoms in total. The molecule has 2 amide bonds. The van der Waals surface area contributed by atoms with E-state index < -0.39 is 17.6 Å². The van der Waals surface area contributed by atoms with Gasteiger partial charge in [-0.1, -0.05) is 26.0 Å². The zero-order valence-electron chi connectivity index (χ0n) is 13.8. The van der Waals surface area contributed by atoms with Crippen LogP contribution in [0.25, 0.3) is 0 Å². The van der Waals surface area contributed by atoms with Crippen LogP contribution in [0.1, 0.15) is 38.7 Å². The lowest BCUT2D eigenvalue weighted by molar-refractivity contribution is -0.142. The van der Waals surface area contributed by atoms with Crippen molar-refractivity contribution >= 4 is 11.8 Å². The number of benzene rings is 1. The summed E-state index contributed by atoms with van der Waals surface area (Å²) >= 11 is 0. The minimum atomic E-state index is -0.692. The molecule has 0 radical (unpaired) electrons. The maximum absolute atomic E-state index is 12.3. The van der Waals surface area contributed by atoms with E-state index in [1.54, 1.807) is 6.92 Å². The maximum atomic E-state index is 12.3. The first-order valence-corrected chi connectivity index (χ1v) is 7.76. The molecule has 1 saturated heterocycles. The van der Waals surface area contributed by atoms with Crippen molar-refractivity contribution in [2.75, 3.05) is 13.2 Å². The molecule has 1 fully saturated rings. The van der Waals surface area contributed by atoms with Crippen molar-refractivity contribution in [1.82, 2.24) is 5.32 Å². The molecule has 126 valence electrons. The standard InChI is InChI=1S/C17H24N2O4/c1-11(2)13-4-6-14(7-5-13)23-12(3)16(21)19-17(8-15(18)20)9-22-10-17/h4-7,11-12H,8-10H2,1-3H3,(H2,18,20)(H,19,21). The third kappa shape index (κ3) is 4.45. The predicted molar refractivity (Wildman–Crippen MR) is 86.1 cm³/mol. The molecule has 0 spiro atoms. The zero-order valence-corrected chi connectivity index (χ0v) is 13.8. The highest BCUT2D eigenvalue weighted by atomic mass is 16.5. The zero-order chi connectivity index (χ0) is 17.0. The molecule has 0 saturated carbocycles. The predicted octanol–water partition coefficient (Wildman–Crippen LogP) is 1.34. The van der Waals surface area contributed by atoms with Gasteiger partial charge in [0.25, 0.3) is 5.91 Å². The third-order valence-corrected chi connectivity index (χ3v) is 3.89. The van der Waals surface area contributed by atoms with Gasteiger partial charge in [0.05, 0.1) is 25.2 Å². The summed E-state index contributed by atoms with van der Waals surface area (Å²) in [5, 5.41) is 2.82. The van der Waals surface area contributed by atoms with E-state index in [9.17, 15) is 9.59 Å². The number of nitrogens with one attached hydrogen (secondary N) is 1. The van der Waals surface area contributed by atoms with Crippen LogP contribution < -0.4 is 15.8 Å². The second kappa shape index (κ2) is 7.00. The van der Waals surface area contributed by atoms with Crippen molar-refractivity contribution in [3.63, 3.8) is 0 Å². The van der Waals surface area contributed by atoms with Gasteiger partial charge in [-0.15, -0.1) is 0 Å². The van der Waals surface area contributed by atoms with Crippen molar-refractivity contribution in [2.45, 2.75) is 44.8 Å². The number of hydrogen-bond acceptors (Lipinski definition) is 4. The van der Waals surface area contributed by atoms with Crippen LogP contribution in [-0.2, 0) is 14.3 Å². The fourth-order valence-corrected chi connectivity index (χ4v) is 2.45. The number of carbonyl (C=O) groups is 2. The second-order valence-electron chi connectivity index (χ2n) is 6.39. The van der Waals surface area contributed by atoms with Gasteiger partial charge in [0.2, 0.25) is 5.91 Å². The van der Waals surface area contributed by atoms with Gasteiger partial charge < -0.3 is 20.5 Å². The Balaban J connectivity index is 1.93. The monoisotopic (exact) mass is 320 g/mol. The van der Waals surface area contributed by atoms with Crippen LogP contribution in [0.5, 0.6) is 5.75 Å². The Morgan fingerprint density at radius 1 is 1.26 bits per heavy atom. The first-order valence-electron chi connectivity index (χ1n) is 7.76. The number of rotatable bonds is 7. The minimum Gasteiger partial charge on any atom is -0.481 e. The summed E-state index contributed by atoms with van der Waals surface area (Å²) in [4.78, 5) is 23.4. The van der Waals surface area contributed by atoms with Crippen molar-refractivity contribution in [3.05, 3.63) is 29.8 Å². The topological polar surface area (TPSA) is 90.6 Å². The van der Waals surface area contributed by atoms with E-state index in [4.69, 9.17) is 15.2 Å². The molecule has 1 aliphatic heterocycles. The molecule has 1 unspecified atom stereocenters. The van der Waals surface area contributed by atoms with Crippen LogP contribution in [0.4, 0.5) is 0 Å². The van der Waals surface area contributed by atoms with Gasteiger partial charge in [0.15, 0.2) is 6.10 Å². The Morgan fingerprint density at radius 3 is 2.30 bits per heavy atom. The van der Waals surface area contributed by atoms with Gasteiger partial charge >= 0.3 is 0 Å². The van der Waals surface area contributed by atoms with Crippen LogP contribution in [0.2, 0.25) is 0 Å². The Hall–Kier alpha value is -2.08.